The van der Waals surface area contributed by atoms with Crippen molar-refractivity contribution in [2.75, 3.05) is 13.2 Å². The van der Waals surface area contributed by atoms with Crippen molar-refractivity contribution in [2.45, 2.75) is 100 Å². The summed E-state index contributed by atoms with van der Waals surface area (Å²) in [5.74, 6) is -3.73. The lowest BCUT2D eigenvalue weighted by Crippen LogP contribution is -2.86. The van der Waals surface area contributed by atoms with Gasteiger partial charge in [-0.25, -0.2) is 0 Å². The monoisotopic (exact) mass is 528 g/mol. The first kappa shape index (κ1) is 26.5. The Labute approximate surface area is 215 Å². The molecule has 3 heterocycles. The zero-order valence-corrected chi connectivity index (χ0v) is 21.2. The van der Waals surface area contributed by atoms with Gasteiger partial charge in [-0.05, 0) is 42.6 Å². The van der Waals surface area contributed by atoms with Crippen LogP contribution in [-0.4, -0.2) is 115 Å². The quantitative estimate of drug-likeness (QED) is 0.189. The molecule has 2 spiro atoms. The Morgan fingerprint density at radius 1 is 0.973 bits per heavy atom. The van der Waals surface area contributed by atoms with E-state index >= 15 is 0 Å². The zero-order valence-electron chi connectivity index (χ0n) is 21.2. The van der Waals surface area contributed by atoms with Crippen LogP contribution in [0.25, 0.3) is 0 Å². The van der Waals surface area contributed by atoms with Crippen molar-refractivity contribution < 1.29 is 55.1 Å². The summed E-state index contributed by atoms with van der Waals surface area (Å²) in [5.41, 5.74) is -2.68. The first-order chi connectivity index (χ1) is 17.3. The Morgan fingerprint density at radius 2 is 1.68 bits per heavy atom. The van der Waals surface area contributed by atoms with Crippen LogP contribution in [0, 0.1) is 34.0 Å². The van der Waals surface area contributed by atoms with E-state index in [4.69, 9.17) is 14.2 Å². The summed E-state index contributed by atoms with van der Waals surface area (Å²) in [6.07, 6.45) is -9.86. The van der Waals surface area contributed by atoms with Crippen molar-refractivity contribution in [1.29, 1.82) is 0 Å². The van der Waals surface area contributed by atoms with Gasteiger partial charge in [0, 0.05) is 17.3 Å². The van der Waals surface area contributed by atoms with Crippen molar-refractivity contribution in [3.8, 4) is 0 Å². The summed E-state index contributed by atoms with van der Waals surface area (Å²) >= 11 is 0. The van der Waals surface area contributed by atoms with Crippen molar-refractivity contribution in [2.24, 2.45) is 34.0 Å². The van der Waals surface area contributed by atoms with E-state index in [1.165, 1.54) is 0 Å². The fourth-order valence-corrected chi connectivity index (χ4v) is 9.67. The highest BCUT2D eigenvalue weighted by atomic mass is 16.7. The Bertz CT molecular complexity index is 957. The lowest BCUT2D eigenvalue weighted by molar-refractivity contribution is -0.482. The largest absolute Gasteiger partial charge is 0.394 e. The van der Waals surface area contributed by atoms with Gasteiger partial charge >= 0.3 is 0 Å². The van der Waals surface area contributed by atoms with Crippen LogP contribution in [0.1, 0.15) is 39.5 Å². The Hall–Kier alpha value is -0.700. The van der Waals surface area contributed by atoms with E-state index in [0.717, 1.165) is 0 Å². The van der Waals surface area contributed by atoms with Crippen LogP contribution < -0.4 is 0 Å². The molecule has 4 aliphatic carbocycles. The predicted octanol–water partition coefficient (Wildman–Crippen LogP) is -2.01. The molecular weight excluding hydrogens is 488 g/mol. The van der Waals surface area contributed by atoms with Gasteiger partial charge in [-0.3, -0.25) is 0 Å². The number of hydrogen-bond donors (Lipinski definition) is 8. The molecule has 8 N–H and O–H groups in total. The maximum atomic E-state index is 12.0. The van der Waals surface area contributed by atoms with E-state index in [0.29, 0.717) is 31.3 Å². The summed E-state index contributed by atoms with van der Waals surface area (Å²) < 4.78 is 18.1. The predicted molar refractivity (Wildman–Crippen MR) is 124 cm³/mol. The van der Waals surface area contributed by atoms with E-state index in [9.17, 15) is 40.9 Å². The van der Waals surface area contributed by atoms with Gasteiger partial charge in [-0.2, -0.15) is 0 Å². The minimum absolute atomic E-state index is 0.0141. The molecule has 37 heavy (non-hydrogen) atoms. The molecule has 4 saturated carbocycles. The molecule has 0 aromatic heterocycles. The van der Waals surface area contributed by atoms with Crippen LogP contribution in [0.15, 0.2) is 12.2 Å². The summed E-state index contributed by atoms with van der Waals surface area (Å²) in [6, 6.07) is 0. The van der Waals surface area contributed by atoms with E-state index < -0.39 is 102 Å². The lowest BCUT2D eigenvalue weighted by Gasteiger charge is -2.76. The molecule has 0 aromatic carbocycles. The number of aliphatic hydroxyl groups excluding tert-OH is 7. The third kappa shape index (κ3) is 2.89. The standard InChI is InChI=1S/C26H40O11/c1-10-11-4-5-13-24-9-35-26(34,25(13,19(10)31)20(11)32)21(33)18(24)23(2,3)7-6-14(24)37-22-17(30)16(29)15(28)12(8-27)36-22/h11-22,27-34H,1,4-9H2,2-3H3/t11-,12-,13?,14+,15-,16+,17-,18?,19?,20-,21+,22+,24-,25+,26+/m1/s1. The van der Waals surface area contributed by atoms with Gasteiger partial charge in [0.05, 0.1) is 36.9 Å². The Kier molecular flexibility index (Phi) is 5.86. The van der Waals surface area contributed by atoms with Crippen molar-refractivity contribution in [1.82, 2.24) is 0 Å². The molecule has 11 nitrogen and oxygen atoms in total. The summed E-state index contributed by atoms with van der Waals surface area (Å²) in [4.78, 5) is 0. The molecule has 0 amide bonds. The Balaban J connectivity index is 1.47. The highest BCUT2D eigenvalue weighted by Gasteiger charge is 2.86. The Morgan fingerprint density at radius 3 is 2.35 bits per heavy atom. The second-order valence-corrected chi connectivity index (χ2v) is 13.0. The normalized spacial score (nSPS) is 60.2. The third-order valence-corrected chi connectivity index (χ3v) is 11.2. The molecular formula is C26H40O11. The fourth-order valence-electron chi connectivity index (χ4n) is 9.67. The maximum absolute atomic E-state index is 12.0. The molecule has 0 radical (unpaired) electrons. The van der Waals surface area contributed by atoms with E-state index in [1.54, 1.807) is 0 Å². The van der Waals surface area contributed by atoms with E-state index in [1.807, 2.05) is 13.8 Å². The average molecular weight is 529 g/mol. The van der Waals surface area contributed by atoms with Gasteiger partial charge in [0.15, 0.2) is 6.29 Å². The summed E-state index contributed by atoms with van der Waals surface area (Å²) in [5, 5.41) is 87.9. The minimum Gasteiger partial charge on any atom is -0.394 e. The van der Waals surface area contributed by atoms with Gasteiger partial charge in [0.25, 0.3) is 0 Å². The van der Waals surface area contributed by atoms with Crippen molar-refractivity contribution in [3.05, 3.63) is 12.2 Å². The molecule has 7 fully saturated rings. The van der Waals surface area contributed by atoms with Crippen LogP contribution >= 0.6 is 0 Å². The molecule has 7 aliphatic rings. The van der Waals surface area contributed by atoms with E-state index in [-0.39, 0.29) is 6.61 Å². The summed E-state index contributed by atoms with van der Waals surface area (Å²) in [7, 11) is 0. The van der Waals surface area contributed by atoms with Crippen molar-refractivity contribution in [3.63, 3.8) is 0 Å². The number of aliphatic hydroxyl groups is 8. The molecule has 3 aliphatic heterocycles. The van der Waals surface area contributed by atoms with E-state index in [2.05, 4.69) is 6.58 Å². The number of ether oxygens (including phenoxy) is 3. The number of fused-ring (bicyclic) bond motifs is 2. The number of hydrogen-bond acceptors (Lipinski definition) is 11. The van der Waals surface area contributed by atoms with Gasteiger partial charge < -0.3 is 55.1 Å². The van der Waals surface area contributed by atoms with Gasteiger partial charge in [0.1, 0.15) is 30.5 Å². The molecule has 0 aromatic rings. The second kappa shape index (κ2) is 8.17. The van der Waals surface area contributed by atoms with Crippen molar-refractivity contribution >= 4 is 0 Å². The molecule has 15 atom stereocenters. The minimum atomic E-state index is -2.21. The molecule has 4 bridgehead atoms. The topological polar surface area (TPSA) is 190 Å². The smallest absolute Gasteiger partial charge is 0.203 e. The van der Waals surface area contributed by atoms with Crippen LogP contribution in [0.4, 0.5) is 0 Å². The van der Waals surface area contributed by atoms with Crippen LogP contribution in [0.5, 0.6) is 0 Å². The van der Waals surface area contributed by atoms with Crippen LogP contribution in [-0.2, 0) is 14.2 Å². The highest BCUT2D eigenvalue weighted by Crippen LogP contribution is 2.77. The van der Waals surface area contributed by atoms with Gasteiger partial charge in [-0.1, -0.05) is 20.4 Å². The molecule has 3 unspecified atom stereocenters. The molecule has 3 saturated heterocycles. The van der Waals surface area contributed by atoms with Gasteiger partial charge in [0.2, 0.25) is 5.79 Å². The highest BCUT2D eigenvalue weighted by molar-refractivity contribution is 5.38. The van der Waals surface area contributed by atoms with Crippen LogP contribution in [0.2, 0.25) is 0 Å². The SMILES string of the molecule is C=C1C(O)[C@@]23C(CC[C@H]1[C@H]2O)[C@@]12CO[C@@]3(O)[C@@H](O)C1C(C)(C)CC[C@@H]2O[C@@H]1O[C@H](CO)[C@@H](O)[C@H](O)[C@H]1O. The third-order valence-electron chi connectivity index (χ3n) is 11.2. The lowest BCUT2D eigenvalue weighted by atomic mass is 9.35. The van der Waals surface area contributed by atoms with Crippen LogP contribution in [0.3, 0.4) is 0 Å². The average Bonchev–Trinajstić information content (AvgIpc) is 2.95. The first-order valence-electron chi connectivity index (χ1n) is 13.4. The first-order valence-corrected chi connectivity index (χ1v) is 13.4. The zero-order chi connectivity index (χ0) is 26.9. The second-order valence-electron chi connectivity index (χ2n) is 13.0. The molecule has 11 heteroatoms. The number of rotatable bonds is 3. The summed E-state index contributed by atoms with van der Waals surface area (Å²) in [6.45, 7) is 7.43. The van der Waals surface area contributed by atoms with Gasteiger partial charge in [-0.15, -0.1) is 0 Å². The maximum Gasteiger partial charge on any atom is 0.203 e. The molecule has 210 valence electrons. The molecule has 7 rings (SSSR count). The fraction of sp³-hybridized carbons (Fsp3) is 0.923.